The molecule has 1 heterocycles. The van der Waals surface area contributed by atoms with Gasteiger partial charge in [-0.1, -0.05) is 12.8 Å². The highest BCUT2D eigenvalue weighted by molar-refractivity contribution is 5.94. The number of likely N-dealkylation sites (tertiary alicyclic amines) is 1. The molecule has 6 heteroatoms. The number of hydrogen-bond donors (Lipinski definition) is 1. The van der Waals surface area contributed by atoms with Crippen LogP contribution in [0.4, 0.5) is 11.4 Å². The van der Waals surface area contributed by atoms with Crippen LogP contribution in [0.15, 0.2) is 12.1 Å². The number of nitro benzene ring substituents is 1. The smallest absolute Gasteiger partial charge is 0.293 e. The van der Waals surface area contributed by atoms with Crippen molar-refractivity contribution in [2.24, 2.45) is 5.92 Å². The molecule has 3 rings (SSSR count). The number of anilines is 1. The van der Waals surface area contributed by atoms with Crippen molar-refractivity contribution < 1.29 is 9.72 Å². The van der Waals surface area contributed by atoms with E-state index in [9.17, 15) is 14.9 Å². The standard InChI is InChI=1S/C19H27N3O3/c1-13-10-16(18(22(24)25)11-14(13)2)20-19(23)12-21-9-5-7-15-6-3-4-8-17(15)21/h10-11,15,17H,3-9,12H2,1-2H3,(H,20,23)/t15-,17+/m1/s1. The topological polar surface area (TPSA) is 75.5 Å². The van der Waals surface area contributed by atoms with Gasteiger partial charge in [-0.3, -0.25) is 19.8 Å². The third-order valence-electron chi connectivity index (χ3n) is 5.79. The van der Waals surface area contributed by atoms with E-state index in [1.807, 2.05) is 13.8 Å². The molecule has 1 aromatic carbocycles. The first-order valence-corrected chi connectivity index (χ1v) is 9.25. The summed E-state index contributed by atoms with van der Waals surface area (Å²) in [7, 11) is 0. The predicted octanol–water partition coefficient (Wildman–Crippen LogP) is 3.80. The molecule has 1 aliphatic carbocycles. The lowest BCUT2D eigenvalue weighted by Gasteiger charge is -2.43. The fraction of sp³-hybridized carbons (Fsp3) is 0.632. The number of nitrogens with zero attached hydrogens (tertiary/aromatic N) is 2. The first-order valence-electron chi connectivity index (χ1n) is 9.25. The molecule has 1 saturated heterocycles. The zero-order chi connectivity index (χ0) is 18.0. The first-order chi connectivity index (χ1) is 12.0. The third-order valence-corrected chi connectivity index (χ3v) is 5.79. The van der Waals surface area contributed by atoms with Crippen LogP contribution in [0.3, 0.4) is 0 Å². The number of carbonyl (C=O) groups is 1. The van der Waals surface area contributed by atoms with E-state index in [-0.39, 0.29) is 11.6 Å². The van der Waals surface area contributed by atoms with E-state index in [4.69, 9.17) is 0 Å². The number of aryl methyl sites for hydroxylation is 2. The van der Waals surface area contributed by atoms with E-state index < -0.39 is 4.92 Å². The van der Waals surface area contributed by atoms with E-state index in [0.29, 0.717) is 24.2 Å². The molecule has 136 valence electrons. The minimum atomic E-state index is -0.430. The number of carbonyl (C=O) groups excluding carboxylic acids is 1. The van der Waals surface area contributed by atoms with Crippen molar-refractivity contribution in [1.82, 2.24) is 4.90 Å². The van der Waals surface area contributed by atoms with Gasteiger partial charge in [0.05, 0.1) is 11.5 Å². The number of benzene rings is 1. The van der Waals surface area contributed by atoms with Crippen LogP contribution in [0, 0.1) is 29.9 Å². The Morgan fingerprint density at radius 2 is 1.88 bits per heavy atom. The van der Waals surface area contributed by atoms with Crippen molar-refractivity contribution in [2.45, 2.75) is 58.4 Å². The molecular formula is C19H27N3O3. The van der Waals surface area contributed by atoms with Crippen molar-refractivity contribution in [3.05, 3.63) is 33.4 Å². The number of fused-ring (bicyclic) bond motifs is 1. The Morgan fingerprint density at radius 1 is 1.20 bits per heavy atom. The summed E-state index contributed by atoms with van der Waals surface area (Å²) in [4.78, 5) is 25.7. The van der Waals surface area contributed by atoms with Gasteiger partial charge in [0.15, 0.2) is 0 Å². The summed E-state index contributed by atoms with van der Waals surface area (Å²) in [6, 6.07) is 3.73. The van der Waals surface area contributed by atoms with Gasteiger partial charge in [0.25, 0.3) is 5.69 Å². The van der Waals surface area contributed by atoms with Gasteiger partial charge in [0.1, 0.15) is 5.69 Å². The molecule has 1 N–H and O–H groups in total. The Labute approximate surface area is 148 Å². The fourth-order valence-electron chi connectivity index (χ4n) is 4.35. The van der Waals surface area contributed by atoms with Crippen LogP contribution in [0.1, 0.15) is 49.7 Å². The van der Waals surface area contributed by atoms with Crippen LogP contribution in [0.2, 0.25) is 0 Å². The van der Waals surface area contributed by atoms with E-state index in [1.165, 1.54) is 38.2 Å². The first kappa shape index (κ1) is 17.9. The van der Waals surface area contributed by atoms with Gasteiger partial charge in [0, 0.05) is 12.1 Å². The van der Waals surface area contributed by atoms with Gasteiger partial charge >= 0.3 is 0 Å². The molecule has 1 aromatic rings. The monoisotopic (exact) mass is 345 g/mol. The Bertz CT molecular complexity index is 672. The normalized spacial score (nSPS) is 23.8. The van der Waals surface area contributed by atoms with Crippen molar-refractivity contribution in [3.63, 3.8) is 0 Å². The van der Waals surface area contributed by atoms with Gasteiger partial charge in [-0.15, -0.1) is 0 Å². The van der Waals surface area contributed by atoms with Gasteiger partial charge < -0.3 is 5.32 Å². The molecule has 0 unspecified atom stereocenters. The number of amides is 1. The Balaban J connectivity index is 1.70. The molecule has 0 radical (unpaired) electrons. The van der Waals surface area contributed by atoms with Crippen LogP contribution in [0.5, 0.6) is 0 Å². The summed E-state index contributed by atoms with van der Waals surface area (Å²) in [5.41, 5.74) is 2.05. The molecule has 2 fully saturated rings. The zero-order valence-electron chi connectivity index (χ0n) is 15.1. The number of nitro groups is 1. The molecule has 6 nitrogen and oxygen atoms in total. The molecule has 0 aromatic heterocycles. The van der Waals surface area contributed by atoms with Crippen LogP contribution in [0.25, 0.3) is 0 Å². The van der Waals surface area contributed by atoms with Crippen molar-refractivity contribution in [3.8, 4) is 0 Å². The SMILES string of the molecule is Cc1cc(NC(=O)CN2CCC[C@H]3CCCC[C@@H]32)c([N+](=O)[O-])cc1C. The van der Waals surface area contributed by atoms with E-state index in [1.54, 1.807) is 6.07 Å². The molecule has 2 aliphatic rings. The van der Waals surface area contributed by atoms with E-state index >= 15 is 0 Å². The lowest BCUT2D eigenvalue weighted by Crippen LogP contribution is -2.49. The molecule has 1 saturated carbocycles. The summed E-state index contributed by atoms with van der Waals surface area (Å²) < 4.78 is 0. The largest absolute Gasteiger partial charge is 0.319 e. The van der Waals surface area contributed by atoms with Crippen LogP contribution in [-0.2, 0) is 4.79 Å². The molecular weight excluding hydrogens is 318 g/mol. The zero-order valence-corrected chi connectivity index (χ0v) is 15.1. The Hall–Kier alpha value is -1.95. The van der Waals surface area contributed by atoms with E-state index in [2.05, 4.69) is 10.2 Å². The maximum atomic E-state index is 12.6. The average molecular weight is 345 g/mol. The number of nitrogens with one attached hydrogen (secondary N) is 1. The van der Waals surface area contributed by atoms with Crippen molar-refractivity contribution >= 4 is 17.3 Å². The van der Waals surface area contributed by atoms with Crippen LogP contribution < -0.4 is 5.32 Å². The number of rotatable bonds is 4. The van der Waals surface area contributed by atoms with Gasteiger partial charge in [-0.2, -0.15) is 0 Å². The van der Waals surface area contributed by atoms with Gasteiger partial charge in [0.2, 0.25) is 5.91 Å². The van der Waals surface area contributed by atoms with Crippen molar-refractivity contribution in [1.29, 1.82) is 0 Å². The van der Waals surface area contributed by atoms with Crippen molar-refractivity contribution in [2.75, 3.05) is 18.4 Å². The van der Waals surface area contributed by atoms with Gasteiger partial charge in [-0.05, 0) is 69.2 Å². The maximum absolute atomic E-state index is 12.6. The highest BCUT2D eigenvalue weighted by atomic mass is 16.6. The molecule has 25 heavy (non-hydrogen) atoms. The van der Waals surface area contributed by atoms with Crippen LogP contribution in [-0.4, -0.2) is 34.9 Å². The minimum Gasteiger partial charge on any atom is -0.319 e. The summed E-state index contributed by atoms with van der Waals surface area (Å²) in [6.07, 6.45) is 7.38. The average Bonchev–Trinajstić information content (AvgIpc) is 2.58. The van der Waals surface area contributed by atoms with Crippen LogP contribution >= 0.6 is 0 Å². The quantitative estimate of drug-likeness (QED) is 0.665. The highest BCUT2D eigenvalue weighted by Gasteiger charge is 2.34. The second-order valence-corrected chi connectivity index (χ2v) is 7.48. The lowest BCUT2D eigenvalue weighted by atomic mass is 9.78. The molecule has 1 aliphatic heterocycles. The maximum Gasteiger partial charge on any atom is 0.293 e. The molecule has 2 atom stereocenters. The lowest BCUT2D eigenvalue weighted by molar-refractivity contribution is -0.384. The Kier molecular flexibility index (Phi) is 5.37. The summed E-state index contributed by atoms with van der Waals surface area (Å²) >= 11 is 0. The minimum absolute atomic E-state index is 0.0364. The van der Waals surface area contributed by atoms with E-state index in [0.717, 1.165) is 24.1 Å². The summed E-state index contributed by atoms with van der Waals surface area (Å²) in [6.45, 7) is 5.01. The second kappa shape index (κ2) is 7.52. The predicted molar refractivity (Wildman–Crippen MR) is 97.8 cm³/mol. The summed E-state index contributed by atoms with van der Waals surface area (Å²) in [5, 5.41) is 14.1. The van der Waals surface area contributed by atoms with Gasteiger partial charge in [-0.25, -0.2) is 0 Å². The molecule has 0 bridgehead atoms. The second-order valence-electron chi connectivity index (χ2n) is 7.48. The highest BCUT2D eigenvalue weighted by Crippen LogP contribution is 2.35. The Morgan fingerprint density at radius 3 is 2.64 bits per heavy atom. The third kappa shape index (κ3) is 4.00. The number of piperidine rings is 1. The number of hydrogen-bond acceptors (Lipinski definition) is 4. The molecule has 1 amide bonds. The molecule has 0 spiro atoms. The fourth-order valence-corrected chi connectivity index (χ4v) is 4.35. The summed E-state index contributed by atoms with van der Waals surface area (Å²) in [5.74, 6) is 0.559.